The van der Waals surface area contributed by atoms with Crippen molar-refractivity contribution >= 4 is 17.2 Å². The number of benzene rings is 2. The lowest BCUT2D eigenvalue weighted by atomic mass is 10.1. The maximum absolute atomic E-state index is 12.9. The molecule has 3 nitrogen and oxygen atoms in total. The van der Waals surface area contributed by atoms with Crippen LogP contribution < -0.4 is 0 Å². The van der Waals surface area contributed by atoms with Gasteiger partial charge in [-0.25, -0.2) is 4.98 Å². The second-order valence-electron chi connectivity index (χ2n) is 5.75. The van der Waals surface area contributed by atoms with Crippen molar-refractivity contribution < 1.29 is 4.79 Å². The molecule has 1 amide bonds. The molecule has 0 aliphatic carbocycles. The van der Waals surface area contributed by atoms with E-state index in [1.165, 1.54) is 16.9 Å². The van der Waals surface area contributed by atoms with Gasteiger partial charge in [0, 0.05) is 12.1 Å². The van der Waals surface area contributed by atoms with Gasteiger partial charge in [0.05, 0.1) is 12.7 Å². The fourth-order valence-corrected chi connectivity index (χ4v) is 3.36. The van der Waals surface area contributed by atoms with E-state index in [2.05, 4.69) is 10.9 Å². The molecule has 0 radical (unpaired) electrons. The predicted octanol–water partition coefficient (Wildman–Crippen LogP) is 4.39. The van der Waals surface area contributed by atoms with Crippen molar-refractivity contribution in [3.8, 4) is 22.9 Å². The van der Waals surface area contributed by atoms with Crippen molar-refractivity contribution in [1.29, 1.82) is 0 Å². The first kappa shape index (κ1) is 16.9. The van der Waals surface area contributed by atoms with Crippen molar-refractivity contribution in [2.45, 2.75) is 13.5 Å². The van der Waals surface area contributed by atoms with Crippen LogP contribution in [0.2, 0.25) is 0 Å². The van der Waals surface area contributed by atoms with Gasteiger partial charge in [0.2, 0.25) is 0 Å². The van der Waals surface area contributed by atoms with E-state index >= 15 is 0 Å². The maximum Gasteiger partial charge on any atom is 0.266 e. The predicted molar refractivity (Wildman–Crippen MR) is 102 cm³/mol. The number of carbonyl (C=O) groups excluding carboxylic acids is 1. The summed E-state index contributed by atoms with van der Waals surface area (Å²) < 4.78 is 0. The highest BCUT2D eigenvalue weighted by Gasteiger charge is 2.18. The molecular weight excluding hydrogens is 328 g/mol. The average molecular weight is 346 g/mol. The van der Waals surface area contributed by atoms with Crippen LogP contribution in [0.4, 0.5) is 0 Å². The lowest BCUT2D eigenvalue weighted by Crippen LogP contribution is -2.30. The molecule has 1 heterocycles. The van der Waals surface area contributed by atoms with Gasteiger partial charge in [0.1, 0.15) is 9.88 Å². The Labute approximate surface area is 152 Å². The SMILES string of the molecule is C#CCN(Cc1ccc(C)cc1)C(=O)c1cnc(-c2ccccc2)s1. The van der Waals surface area contributed by atoms with E-state index in [0.29, 0.717) is 11.4 Å². The highest BCUT2D eigenvalue weighted by atomic mass is 32.1. The maximum atomic E-state index is 12.9. The molecule has 0 spiro atoms. The summed E-state index contributed by atoms with van der Waals surface area (Å²) >= 11 is 1.39. The third-order valence-electron chi connectivity index (χ3n) is 3.80. The Bertz CT molecular complexity index is 892. The highest BCUT2D eigenvalue weighted by molar-refractivity contribution is 7.16. The van der Waals surface area contributed by atoms with Crippen LogP contribution in [0.15, 0.2) is 60.8 Å². The summed E-state index contributed by atoms with van der Waals surface area (Å²) in [7, 11) is 0. The normalized spacial score (nSPS) is 10.2. The summed E-state index contributed by atoms with van der Waals surface area (Å²) in [5.41, 5.74) is 3.25. The minimum absolute atomic E-state index is 0.0850. The van der Waals surface area contributed by atoms with Gasteiger partial charge in [-0.15, -0.1) is 17.8 Å². The molecule has 0 bridgehead atoms. The lowest BCUT2D eigenvalue weighted by molar-refractivity contribution is 0.0770. The van der Waals surface area contributed by atoms with Crippen LogP contribution in [0.25, 0.3) is 10.6 Å². The number of hydrogen-bond donors (Lipinski definition) is 0. The number of terminal acetylenes is 1. The van der Waals surface area contributed by atoms with E-state index in [9.17, 15) is 4.79 Å². The number of thiazole rings is 1. The number of rotatable bonds is 5. The molecule has 3 rings (SSSR count). The minimum Gasteiger partial charge on any atom is -0.322 e. The zero-order valence-electron chi connectivity index (χ0n) is 14.0. The summed E-state index contributed by atoms with van der Waals surface area (Å²) in [5.74, 6) is 2.49. The van der Waals surface area contributed by atoms with Gasteiger partial charge in [0.25, 0.3) is 5.91 Å². The molecule has 0 aliphatic heterocycles. The van der Waals surface area contributed by atoms with Gasteiger partial charge >= 0.3 is 0 Å². The number of nitrogens with zero attached hydrogens (tertiary/aromatic N) is 2. The quantitative estimate of drug-likeness (QED) is 0.642. The van der Waals surface area contributed by atoms with E-state index in [0.717, 1.165) is 16.1 Å². The molecule has 0 aliphatic rings. The van der Waals surface area contributed by atoms with Crippen LogP contribution in [-0.4, -0.2) is 22.3 Å². The summed E-state index contributed by atoms with van der Waals surface area (Å²) in [4.78, 5) is 19.5. The number of amides is 1. The van der Waals surface area contributed by atoms with Gasteiger partial charge in [-0.1, -0.05) is 66.1 Å². The molecule has 0 unspecified atom stereocenters. The van der Waals surface area contributed by atoms with Crippen LogP contribution in [0.5, 0.6) is 0 Å². The molecule has 0 saturated heterocycles. The van der Waals surface area contributed by atoms with Crippen molar-refractivity contribution in [1.82, 2.24) is 9.88 Å². The molecule has 0 saturated carbocycles. The van der Waals surface area contributed by atoms with Crippen molar-refractivity contribution in [2.75, 3.05) is 6.54 Å². The lowest BCUT2D eigenvalue weighted by Gasteiger charge is -2.19. The number of carbonyl (C=O) groups is 1. The molecule has 0 atom stereocenters. The monoisotopic (exact) mass is 346 g/mol. The summed E-state index contributed by atoms with van der Waals surface area (Å²) in [6, 6.07) is 18.0. The third kappa shape index (κ3) is 4.14. The summed E-state index contributed by atoms with van der Waals surface area (Å²) in [6.07, 6.45) is 7.10. The van der Waals surface area contributed by atoms with Crippen molar-refractivity contribution in [2.24, 2.45) is 0 Å². The molecule has 3 aromatic rings. The largest absolute Gasteiger partial charge is 0.322 e. The fourth-order valence-electron chi connectivity index (χ4n) is 2.47. The van der Waals surface area contributed by atoms with Gasteiger partial charge in [-0.3, -0.25) is 4.79 Å². The Morgan fingerprint density at radius 2 is 1.88 bits per heavy atom. The van der Waals surface area contributed by atoms with Crippen LogP contribution >= 0.6 is 11.3 Å². The third-order valence-corrected chi connectivity index (χ3v) is 4.84. The standard InChI is InChI=1S/C21H18N2OS/c1-3-13-23(15-17-11-9-16(2)10-12-17)21(24)19-14-22-20(25-19)18-7-5-4-6-8-18/h1,4-12,14H,13,15H2,2H3. The zero-order chi connectivity index (χ0) is 17.6. The van der Waals surface area contributed by atoms with Crippen LogP contribution in [0, 0.1) is 19.3 Å². The first-order chi connectivity index (χ1) is 12.2. The first-order valence-electron chi connectivity index (χ1n) is 7.97. The molecule has 2 aromatic carbocycles. The minimum atomic E-state index is -0.0850. The van der Waals surface area contributed by atoms with E-state index in [4.69, 9.17) is 6.42 Å². The van der Waals surface area contributed by atoms with Gasteiger partial charge in [-0.2, -0.15) is 0 Å². The Balaban J connectivity index is 1.80. The topological polar surface area (TPSA) is 33.2 Å². The molecule has 1 aromatic heterocycles. The fraction of sp³-hybridized carbons (Fsp3) is 0.143. The summed E-state index contributed by atoms with van der Waals surface area (Å²) in [6.45, 7) is 2.80. The molecule has 4 heteroatoms. The highest BCUT2D eigenvalue weighted by Crippen LogP contribution is 2.26. The second-order valence-corrected chi connectivity index (χ2v) is 6.78. The second kappa shape index (κ2) is 7.78. The van der Waals surface area contributed by atoms with Crippen molar-refractivity contribution in [3.63, 3.8) is 0 Å². The van der Waals surface area contributed by atoms with E-state index in [1.807, 2.05) is 61.5 Å². The number of hydrogen-bond acceptors (Lipinski definition) is 3. The van der Waals surface area contributed by atoms with Gasteiger partial charge in [0.15, 0.2) is 0 Å². The van der Waals surface area contributed by atoms with Crippen molar-refractivity contribution in [3.05, 3.63) is 76.8 Å². The van der Waals surface area contributed by atoms with Gasteiger partial charge in [-0.05, 0) is 12.5 Å². The van der Waals surface area contributed by atoms with E-state index in [-0.39, 0.29) is 12.5 Å². The van der Waals surface area contributed by atoms with Crippen LogP contribution in [0.3, 0.4) is 0 Å². The Morgan fingerprint density at radius 1 is 1.16 bits per heavy atom. The Hall–Kier alpha value is -2.90. The average Bonchev–Trinajstić information content (AvgIpc) is 3.13. The molecule has 0 fully saturated rings. The van der Waals surface area contributed by atoms with E-state index in [1.54, 1.807) is 11.1 Å². The first-order valence-corrected chi connectivity index (χ1v) is 8.78. The number of aromatic nitrogens is 1. The van der Waals surface area contributed by atoms with Gasteiger partial charge < -0.3 is 4.90 Å². The Kier molecular flexibility index (Phi) is 5.27. The van der Waals surface area contributed by atoms with Crippen LogP contribution in [-0.2, 0) is 6.54 Å². The van der Waals surface area contributed by atoms with E-state index < -0.39 is 0 Å². The zero-order valence-corrected chi connectivity index (χ0v) is 14.8. The van der Waals surface area contributed by atoms with Crippen LogP contribution in [0.1, 0.15) is 20.8 Å². The molecule has 25 heavy (non-hydrogen) atoms. The molecule has 124 valence electrons. The molecule has 0 N–H and O–H groups in total. The Morgan fingerprint density at radius 3 is 2.56 bits per heavy atom. The molecular formula is C21H18N2OS. The number of aryl methyl sites for hydroxylation is 1. The summed E-state index contributed by atoms with van der Waals surface area (Å²) in [5, 5.41) is 0.833. The smallest absolute Gasteiger partial charge is 0.266 e.